The number of nitrogens with one attached hydrogen (secondary N) is 2. The average Bonchev–Trinajstić information content (AvgIpc) is 2.70. The molecule has 0 aliphatic rings. The molecule has 0 radical (unpaired) electrons. The Morgan fingerprint density at radius 1 is 0.893 bits per heavy atom. The lowest BCUT2D eigenvalue weighted by Gasteiger charge is -2.13. The fourth-order valence-electron chi connectivity index (χ4n) is 2.64. The minimum absolute atomic E-state index is 0.217. The Hall–Kier alpha value is -3.06. The van der Waals surface area contributed by atoms with Gasteiger partial charge in [-0.15, -0.1) is 0 Å². The van der Waals surface area contributed by atoms with E-state index in [1.165, 1.54) is 0 Å². The van der Waals surface area contributed by atoms with E-state index in [-0.39, 0.29) is 10.7 Å². The number of hydrogen-bond donors (Lipinski definition) is 2. The van der Waals surface area contributed by atoms with Crippen molar-refractivity contribution in [2.45, 2.75) is 18.2 Å². The Morgan fingerprint density at radius 3 is 2.07 bits per heavy atom. The van der Waals surface area contributed by atoms with Gasteiger partial charge in [-0.25, -0.2) is 13.4 Å². The standard InChI is InChI=1S/C21H24N4O2S/c1-4-16-5-12-20(13-6-16)28(26,27)24-21-14-9-18(15-22-21)23-17-7-10-19(11-8-17)25(2)3/h5-15,23H,4H2,1-3H3,(H,22,24). The summed E-state index contributed by atoms with van der Waals surface area (Å²) in [5.74, 6) is 0.271. The highest BCUT2D eigenvalue weighted by atomic mass is 32.2. The first kappa shape index (κ1) is 19.7. The number of anilines is 4. The summed E-state index contributed by atoms with van der Waals surface area (Å²) in [5, 5.41) is 3.25. The summed E-state index contributed by atoms with van der Waals surface area (Å²) < 4.78 is 27.5. The van der Waals surface area contributed by atoms with Crippen LogP contribution in [0.15, 0.2) is 71.8 Å². The number of aryl methyl sites for hydroxylation is 1. The molecular weight excluding hydrogens is 372 g/mol. The van der Waals surface area contributed by atoms with Crippen molar-refractivity contribution < 1.29 is 8.42 Å². The second kappa shape index (κ2) is 8.31. The van der Waals surface area contributed by atoms with Gasteiger partial charge in [0, 0.05) is 25.5 Å². The van der Waals surface area contributed by atoms with Crippen molar-refractivity contribution in [3.8, 4) is 0 Å². The van der Waals surface area contributed by atoms with E-state index >= 15 is 0 Å². The quantitative estimate of drug-likeness (QED) is 0.624. The first-order valence-corrected chi connectivity index (χ1v) is 10.5. The van der Waals surface area contributed by atoms with Crippen LogP contribution < -0.4 is 14.9 Å². The molecule has 6 nitrogen and oxygen atoms in total. The maximum Gasteiger partial charge on any atom is 0.263 e. The van der Waals surface area contributed by atoms with Crippen LogP contribution in [-0.4, -0.2) is 27.5 Å². The molecule has 2 N–H and O–H groups in total. The number of rotatable bonds is 7. The molecule has 0 spiro atoms. The topological polar surface area (TPSA) is 74.3 Å². The molecule has 0 atom stereocenters. The molecule has 0 saturated carbocycles. The Bertz CT molecular complexity index is 1010. The van der Waals surface area contributed by atoms with E-state index < -0.39 is 10.0 Å². The molecule has 0 saturated heterocycles. The van der Waals surface area contributed by atoms with Crippen LogP contribution in [0.4, 0.5) is 22.9 Å². The Labute approximate surface area is 166 Å². The molecule has 0 aliphatic carbocycles. The first-order valence-electron chi connectivity index (χ1n) is 8.99. The number of hydrogen-bond acceptors (Lipinski definition) is 5. The van der Waals surface area contributed by atoms with Crippen LogP contribution in [0.5, 0.6) is 0 Å². The van der Waals surface area contributed by atoms with Gasteiger partial charge in [0.25, 0.3) is 10.0 Å². The molecule has 0 fully saturated rings. The SMILES string of the molecule is CCc1ccc(S(=O)(=O)Nc2ccc(Nc3ccc(N(C)C)cc3)cn2)cc1. The highest BCUT2D eigenvalue weighted by Gasteiger charge is 2.14. The fourth-order valence-corrected chi connectivity index (χ4v) is 3.65. The summed E-state index contributed by atoms with van der Waals surface area (Å²) in [7, 11) is 0.320. The summed E-state index contributed by atoms with van der Waals surface area (Å²) in [6.07, 6.45) is 2.46. The van der Waals surface area contributed by atoms with E-state index in [9.17, 15) is 8.42 Å². The van der Waals surface area contributed by atoms with Gasteiger partial charge in [0.2, 0.25) is 0 Å². The summed E-state index contributed by atoms with van der Waals surface area (Å²) >= 11 is 0. The maximum atomic E-state index is 12.5. The molecule has 1 aromatic heterocycles. The predicted molar refractivity (Wildman–Crippen MR) is 115 cm³/mol. The van der Waals surface area contributed by atoms with Gasteiger partial charge in [-0.2, -0.15) is 0 Å². The van der Waals surface area contributed by atoms with E-state index in [2.05, 4.69) is 15.0 Å². The monoisotopic (exact) mass is 396 g/mol. The van der Waals surface area contributed by atoms with Crippen LogP contribution in [-0.2, 0) is 16.4 Å². The number of nitrogens with zero attached hydrogens (tertiary/aromatic N) is 2. The lowest BCUT2D eigenvalue weighted by Crippen LogP contribution is -2.13. The molecular formula is C21H24N4O2S. The second-order valence-electron chi connectivity index (χ2n) is 6.60. The molecule has 3 aromatic rings. The zero-order valence-corrected chi connectivity index (χ0v) is 17.0. The van der Waals surface area contributed by atoms with Gasteiger partial charge >= 0.3 is 0 Å². The molecule has 0 bridgehead atoms. The van der Waals surface area contributed by atoms with Crippen molar-refractivity contribution in [2.24, 2.45) is 0 Å². The third kappa shape index (κ3) is 4.80. The molecule has 7 heteroatoms. The van der Waals surface area contributed by atoms with Gasteiger partial charge in [-0.05, 0) is 60.5 Å². The smallest absolute Gasteiger partial charge is 0.263 e. The lowest BCUT2D eigenvalue weighted by molar-refractivity contribution is 0.601. The van der Waals surface area contributed by atoms with Gasteiger partial charge in [0.15, 0.2) is 0 Å². The van der Waals surface area contributed by atoms with E-state index in [1.807, 2.05) is 62.3 Å². The van der Waals surface area contributed by atoms with Crippen molar-refractivity contribution in [2.75, 3.05) is 29.0 Å². The lowest BCUT2D eigenvalue weighted by atomic mass is 10.2. The summed E-state index contributed by atoms with van der Waals surface area (Å²) in [6.45, 7) is 2.03. The molecule has 146 valence electrons. The molecule has 2 aromatic carbocycles. The number of aromatic nitrogens is 1. The van der Waals surface area contributed by atoms with E-state index in [0.29, 0.717) is 0 Å². The molecule has 28 heavy (non-hydrogen) atoms. The van der Waals surface area contributed by atoms with Crippen LogP contribution >= 0.6 is 0 Å². The second-order valence-corrected chi connectivity index (χ2v) is 8.28. The van der Waals surface area contributed by atoms with Crippen LogP contribution in [0.2, 0.25) is 0 Å². The predicted octanol–water partition coefficient (Wildman–Crippen LogP) is 4.25. The van der Waals surface area contributed by atoms with Gasteiger partial charge in [0.1, 0.15) is 5.82 Å². The summed E-state index contributed by atoms with van der Waals surface area (Å²) in [4.78, 5) is 6.45. The van der Waals surface area contributed by atoms with Gasteiger partial charge in [0.05, 0.1) is 16.8 Å². The largest absolute Gasteiger partial charge is 0.378 e. The molecule has 1 heterocycles. The number of pyridine rings is 1. The van der Waals surface area contributed by atoms with Gasteiger partial charge < -0.3 is 10.2 Å². The third-order valence-corrected chi connectivity index (χ3v) is 5.69. The molecule has 0 aliphatic heterocycles. The number of sulfonamides is 1. The van der Waals surface area contributed by atoms with E-state index in [1.54, 1.807) is 30.5 Å². The Balaban J connectivity index is 1.68. The van der Waals surface area contributed by atoms with E-state index in [4.69, 9.17) is 0 Å². The average molecular weight is 397 g/mol. The molecule has 0 amide bonds. The maximum absolute atomic E-state index is 12.5. The Kier molecular flexibility index (Phi) is 5.84. The van der Waals surface area contributed by atoms with E-state index in [0.717, 1.165) is 29.0 Å². The van der Waals surface area contributed by atoms with Crippen molar-refractivity contribution in [1.82, 2.24) is 4.98 Å². The van der Waals surface area contributed by atoms with Gasteiger partial charge in [-0.1, -0.05) is 19.1 Å². The van der Waals surface area contributed by atoms with Gasteiger partial charge in [-0.3, -0.25) is 4.72 Å². The van der Waals surface area contributed by atoms with Crippen LogP contribution in [0, 0.1) is 0 Å². The summed E-state index contributed by atoms with van der Waals surface area (Å²) in [5.41, 5.74) is 3.90. The minimum Gasteiger partial charge on any atom is -0.378 e. The minimum atomic E-state index is -3.66. The van der Waals surface area contributed by atoms with Crippen LogP contribution in [0.25, 0.3) is 0 Å². The van der Waals surface area contributed by atoms with Crippen LogP contribution in [0.3, 0.4) is 0 Å². The van der Waals surface area contributed by atoms with Crippen molar-refractivity contribution in [1.29, 1.82) is 0 Å². The first-order chi connectivity index (χ1) is 13.4. The molecule has 3 rings (SSSR count). The van der Waals surface area contributed by atoms with Crippen molar-refractivity contribution >= 4 is 32.9 Å². The van der Waals surface area contributed by atoms with Crippen molar-refractivity contribution in [3.05, 3.63) is 72.4 Å². The van der Waals surface area contributed by atoms with Crippen LogP contribution in [0.1, 0.15) is 12.5 Å². The van der Waals surface area contributed by atoms with Crippen molar-refractivity contribution in [3.63, 3.8) is 0 Å². The normalized spacial score (nSPS) is 11.1. The summed E-state index contributed by atoms with van der Waals surface area (Å²) in [6, 6.07) is 18.2. The molecule has 0 unspecified atom stereocenters. The highest BCUT2D eigenvalue weighted by Crippen LogP contribution is 2.21. The Morgan fingerprint density at radius 2 is 1.54 bits per heavy atom. The zero-order valence-electron chi connectivity index (χ0n) is 16.2. The number of benzene rings is 2. The third-order valence-electron chi connectivity index (χ3n) is 4.32. The highest BCUT2D eigenvalue weighted by molar-refractivity contribution is 7.92. The zero-order chi connectivity index (χ0) is 20.1. The fraction of sp³-hybridized carbons (Fsp3) is 0.190.